The van der Waals surface area contributed by atoms with Crippen molar-refractivity contribution in [1.29, 1.82) is 0 Å². The van der Waals surface area contributed by atoms with Crippen LogP contribution in [0.4, 0.5) is 0 Å². The fourth-order valence-corrected chi connectivity index (χ4v) is 4.67. The van der Waals surface area contributed by atoms with Crippen molar-refractivity contribution < 1.29 is 4.52 Å². The van der Waals surface area contributed by atoms with Gasteiger partial charge < -0.3 is 4.52 Å². The van der Waals surface area contributed by atoms with E-state index >= 15 is 0 Å². The number of hydrogen-bond acceptors (Lipinski definition) is 5. The van der Waals surface area contributed by atoms with E-state index in [2.05, 4.69) is 28.3 Å². The van der Waals surface area contributed by atoms with Crippen LogP contribution in [0, 0.1) is 6.92 Å². The maximum Gasteiger partial charge on any atom is 0.278 e. The van der Waals surface area contributed by atoms with Gasteiger partial charge in [-0.25, -0.2) is 4.68 Å². The Morgan fingerprint density at radius 1 is 1.17 bits per heavy atom. The smallest absolute Gasteiger partial charge is 0.278 e. The summed E-state index contributed by atoms with van der Waals surface area (Å²) < 4.78 is 7.35. The molecule has 1 aromatic carbocycles. The van der Waals surface area contributed by atoms with E-state index in [0.717, 1.165) is 26.7 Å². The van der Waals surface area contributed by atoms with Crippen molar-refractivity contribution in [2.75, 3.05) is 0 Å². The molecule has 0 bridgehead atoms. The summed E-state index contributed by atoms with van der Waals surface area (Å²) in [7, 11) is 0. The lowest BCUT2D eigenvalue weighted by atomic mass is 10.1. The highest BCUT2D eigenvalue weighted by Crippen LogP contribution is 2.38. The zero-order valence-corrected chi connectivity index (χ0v) is 19.3. The van der Waals surface area contributed by atoms with Crippen LogP contribution >= 0.6 is 34.5 Å². The van der Waals surface area contributed by atoms with Gasteiger partial charge in [0.15, 0.2) is 11.5 Å². The summed E-state index contributed by atoms with van der Waals surface area (Å²) in [5, 5.41) is 10.00. The number of allylic oxidation sites excluding steroid dienone is 1. The number of nitrogens with zero attached hydrogens (tertiary/aromatic N) is 4. The first-order valence-electron chi connectivity index (χ1n) is 9.51. The van der Waals surface area contributed by atoms with Crippen LogP contribution in [-0.4, -0.2) is 19.9 Å². The van der Waals surface area contributed by atoms with Crippen LogP contribution in [0.25, 0.3) is 33.9 Å². The average molecular weight is 459 g/mol. The summed E-state index contributed by atoms with van der Waals surface area (Å²) in [6, 6.07) is 9.54. The van der Waals surface area contributed by atoms with E-state index in [4.69, 9.17) is 32.8 Å². The van der Waals surface area contributed by atoms with Crippen molar-refractivity contribution in [3.8, 4) is 27.8 Å². The highest BCUT2D eigenvalue weighted by Gasteiger charge is 2.24. The molecule has 0 unspecified atom stereocenters. The second kappa shape index (κ2) is 8.38. The van der Waals surface area contributed by atoms with Crippen LogP contribution in [0.3, 0.4) is 0 Å². The minimum absolute atomic E-state index is 0.163. The molecule has 0 amide bonds. The largest absolute Gasteiger partial charge is 0.332 e. The van der Waals surface area contributed by atoms with E-state index in [1.807, 2.05) is 44.5 Å². The number of hydrogen-bond donors (Lipinski definition) is 0. The molecule has 0 radical (unpaired) electrons. The lowest BCUT2D eigenvalue weighted by Gasteiger charge is -2.09. The molecule has 0 atom stereocenters. The molecule has 4 aromatic rings. The minimum atomic E-state index is 0.163. The number of rotatable bonds is 5. The topological polar surface area (TPSA) is 56.7 Å². The number of benzene rings is 1. The van der Waals surface area contributed by atoms with E-state index in [1.54, 1.807) is 23.5 Å². The summed E-state index contributed by atoms with van der Waals surface area (Å²) in [4.78, 5) is 6.76. The van der Waals surface area contributed by atoms with Crippen molar-refractivity contribution in [2.45, 2.75) is 33.6 Å². The van der Waals surface area contributed by atoms with Gasteiger partial charge in [-0.05, 0) is 50.3 Å². The molecule has 0 fully saturated rings. The molecule has 3 heterocycles. The second-order valence-corrected chi connectivity index (χ2v) is 9.10. The molecule has 30 heavy (non-hydrogen) atoms. The zero-order chi connectivity index (χ0) is 21.4. The first kappa shape index (κ1) is 20.8. The molecular weight excluding hydrogens is 439 g/mol. The fraction of sp³-hybridized carbons (Fsp3) is 0.227. The van der Waals surface area contributed by atoms with Gasteiger partial charge in [0.25, 0.3) is 5.89 Å². The SMILES string of the molecule is CC=Cc1ccc(-c2c(C)c(-c3nc(C(C)C)no3)nn2-c2ccc(Cl)cc2Cl)s1. The summed E-state index contributed by atoms with van der Waals surface area (Å²) in [6.45, 7) is 8.05. The third kappa shape index (κ3) is 3.83. The molecule has 0 aliphatic carbocycles. The van der Waals surface area contributed by atoms with Crippen LogP contribution < -0.4 is 0 Å². The number of aromatic nitrogens is 4. The predicted molar refractivity (Wildman–Crippen MR) is 124 cm³/mol. The van der Waals surface area contributed by atoms with Crippen molar-refractivity contribution in [1.82, 2.24) is 19.9 Å². The highest BCUT2D eigenvalue weighted by atomic mass is 35.5. The van der Waals surface area contributed by atoms with Crippen molar-refractivity contribution in [2.24, 2.45) is 0 Å². The molecule has 3 aromatic heterocycles. The molecule has 0 spiro atoms. The van der Waals surface area contributed by atoms with E-state index in [9.17, 15) is 0 Å². The van der Waals surface area contributed by atoms with Crippen molar-refractivity contribution in [3.63, 3.8) is 0 Å². The van der Waals surface area contributed by atoms with E-state index < -0.39 is 0 Å². The Kier molecular flexibility index (Phi) is 5.82. The van der Waals surface area contributed by atoms with E-state index in [-0.39, 0.29) is 5.92 Å². The average Bonchev–Trinajstić information content (AvgIpc) is 3.41. The van der Waals surface area contributed by atoms with Crippen LogP contribution in [0.1, 0.15) is 43.0 Å². The summed E-state index contributed by atoms with van der Waals surface area (Å²) in [6.07, 6.45) is 4.10. The molecule has 0 saturated heterocycles. The Morgan fingerprint density at radius 3 is 2.63 bits per heavy atom. The lowest BCUT2D eigenvalue weighted by molar-refractivity contribution is 0.417. The van der Waals surface area contributed by atoms with Crippen LogP contribution in [0.5, 0.6) is 0 Å². The molecule has 0 aliphatic rings. The summed E-state index contributed by atoms with van der Waals surface area (Å²) in [5.41, 5.74) is 3.24. The third-order valence-corrected chi connectivity index (χ3v) is 6.21. The Morgan fingerprint density at radius 2 is 1.97 bits per heavy atom. The predicted octanol–water partition coefficient (Wildman–Crippen LogP) is 7.42. The Bertz CT molecular complexity index is 1240. The van der Waals surface area contributed by atoms with Crippen LogP contribution in [0.2, 0.25) is 10.0 Å². The molecule has 8 heteroatoms. The van der Waals surface area contributed by atoms with Crippen molar-refractivity contribution >= 4 is 40.6 Å². The molecule has 0 N–H and O–H groups in total. The maximum absolute atomic E-state index is 6.53. The Hall–Kier alpha value is -2.41. The maximum atomic E-state index is 6.53. The summed E-state index contributed by atoms with van der Waals surface area (Å²) >= 11 is 14.3. The quantitative estimate of drug-likeness (QED) is 0.312. The Balaban J connectivity index is 1.94. The van der Waals surface area contributed by atoms with Gasteiger partial charge in [0.05, 0.1) is 21.3 Å². The highest BCUT2D eigenvalue weighted by molar-refractivity contribution is 7.16. The van der Waals surface area contributed by atoms with Gasteiger partial charge in [-0.3, -0.25) is 0 Å². The van der Waals surface area contributed by atoms with Gasteiger partial charge in [0.2, 0.25) is 0 Å². The molecule has 0 aliphatic heterocycles. The van der Waals surface area contributed by atoms with E-state index in [1.165, 1.54) is 0 Å². The normalized spacial score (nSPS) is 11.8. The van der Waals surface area contributed by atoms with E-state index in [0.29, 0.717) is 27.5 Å². The van der Waals surface area contributed by atoms with Gasteiger partial charge in [-0.2, -0.15) is 10.1 Å². The zero-order valence-electron chi connectivity index (χ0n) is 17.0. The molecule has 0 saturated carbocycles. The number of halogens is 2. The second-order valence-electron chi connectivity index (χ2n) is 7.14. The van der Waals surface area contributed by atoms with Crippen molar-refractivity contribution in [3.05, 3.63) is 62.7 Å². The molecule has 154 valence electrons. The van der Waals surface area contributed by atoms with Gasteiger partial charge in [0.1, 0.15) is 0 Å². The van der Waals surface area contributed by atoms with Gasteiger partial charge in [-0.15, -0.1) is 11.3 Å². The minimum Gasteiger partial charge on any atom is -0.332 e. The van der Waals surface area contributed by atoms with Gasteiger partial charge in [-0.1, -0.05) is 48.3 Å². The third-order valence-electron chi connectivity index (χ3n) is 4.61. The fourth-order valence-electron chi connectivity index (χ4n) is 3.12. The van der Waals surface area contributed by atoms with Gasteiger partial charge in [0, 0.05) is 21.4 Å². The molecule has 5 nitrogen and oxygen atoms in total. The number of thiophene rings is 1. The standard InChI is InChI=1S/C22H20Cl2N4OS/c1-5-6-15-8-10-18(30-15)20-13(4)19(22-25-21(12(2)3)27-29-22)26-28(20)17-9-7-14(23)11-16(17)24/h5-12H,1-4H3. The Labute approximate surface area is 189 Å². The summed E-state index contributed by atoms with van der Waals surface area (Å²) in [5.74, 6) is 1.21. The molecule has 4 rings (SSSR count). The first-order chi connectivity index (χ1) is 14.4. The lowest BCUT2D eigenvalue weighted by Crippen LogP contribution is -2.00. The van der Waals surface area contributed by atoms with Gasteiger partial charge >= 0.3 is 0 Å². The van der Waals surface area contributed by atoms with Crippen LogP contribution in [-0.2, 0) is 0 Å². The molecular formula is C22H20Cl2N4OS. The first-order valence-corrected chi connectivity index (χ1v) is 11.1. The van der Waals surface area contributed by atoms with Crippen LogP contribution in [0.15, 0.2) is 40.9 Å². The monoisotopic (exact) mass is 458 g/mol.